The number of ether oxygens (including phenoxy) is 1. The molecule has 2 aromatic rings. The Kier molecular flexibility index (Phi) is 5.30. The number of benzene rings is 1. The van der Waals surface area contributed by atoms with Crippen LogP contribution in [-0.4, -0.2) is 23.2 Å². The van der Waals surface area contributed by atoms with E-state index < -0.39 is 6.10 Å². The molecule has 2 rings (SSSR count). The first-order valence-corrected chi connectivity index (χ1v) is 7.40. The van der Waals surface area contributed by atoms with Crippen LogP contribution < -0.4 is 10.1 Å². The van der Waals surface area contributed by atoms with E-state index in [2.05, 4.69) is 31.4 Å². The molecule has 21 heavy (non-hydrogen) atoms. The van der Waals surface area contributed by atoms with Crippen molar-refractivity contribution in [3.8, 4) is 5.75 Å². The van der Waals surface area contributed by atoms with Crippen LogP contribution in [0.5, 0.6) is 5.75 Å². The van der Waals surface area contributed by atoms with E-state index in [9.17, 15) is 4.39 Å². The number of rotatable bonds is 6. The molecule has 1 N–H and O–H groups in total. The lowest BCUT2D eigenvalue weighted by atomic mass is 10.2. The molecule has 2 atom stereocenters. The van der Waals surface area contributed by atoms with Gasteiger partial charge in [-0.15, -0.1) is 0 Å². The van der Waals surface area contributed by atoms with E-state index in [1.165, 1.54) is 12.1 Å². The summed E-state index contributed by atoms with van der Waals surface area (Å²) in [4.78, 5) is 4.31. The average molecular weight is 358 g/mol. The lowest BCUT2D eigenvalue weighted by Gasteiger charge is -2.12. The average Bonchev–Trinajstić information content (AvgIpc) is 2.90. The Morgan fingerprint density at radius 3 is 2.86 bits per heavy atom. The first kappa shape index (κ1) is 15.9. The number of hydrogen-bond donors (Lipinski definition) is 1. The van der Waals surface area contributed by atoms with E-state index in [4.69, 9.17) is 9.26 Å². The van der Waals surface area contributed by atoms with Crippen molar-refractivity contribution in [2.45, 2.75) is 32.4 Å². The molecule has 7 heteroatoms. The summed E-state index contributed by atoms with van der Waals surface area (Å²) in [5, 5.41) is 7.04. The first-order valence-electron chi connectivity index (χ1n) is 6.61. The molecule has 0 aliphatic rings. The number of halogens is 2. The van der Waals surface area contributed by atoms with E-state index in [1.54, 1.807) is 13.0 Å². The van der Waals surface area contributed by atoms with Crippen molar-refractivity contribution in [2.24, 2.45) is 0 Å². The van der Waals surface area contributed by atoms with Crippen molar-refractivity contribution in [2.75, 3.05) is 7.05 Å². The van der Waals surface area contributed by atoms with Crippen LogP contribution in [0.25, 0.3) is 0 Å². The van der Waals surface area contributed by atoms with Gasteiger partial charge in [0.15, 0.2) is 11.9 Å². The third-order valence-corrected chi connectivity index (χ3v) is 3.63. The lowest BCUT2D eigenvalue weighted by molar-refractivity contribution is 0.174. The molecule has 0 radical (unpaired) electrons. The Bertz CT molecular complexity index is 606. The zero-order chi connectivity index (χ0) is 15.4. The maximum absolute atomic E-state index is 13.0. The van der Waals surface area contributed by atoms with Gasteiger partial charge >= 0.3 is 0 Å². The van der Waals surface area contributed by atoms with Gasteiger partial charge in [0.2, 0.25) is 0 Å². The second-order valence-corrected chi connectivity index (χ2v) is 5.63. The van der Waals surface area contributed by atoms with Gasteiger partial charge in [-0.25, -0.2) is 4.39 Å². The summed E-state index contributed by atoms with van der Waals surface area (Å²) in [5.74, 6) is 1.21. The van der Waals surface area contributed by atoms with Crippen molar-refractivity contribution >= 4 is 15.9 Å². The van der Waals surface area contributed by atoms with Crippen LogP contribution in [0.15, 0.2) is 27.2 Å². The molecule has 0 saturated heterocycles. The quantitative estimate of drug-likeness (QED) is 0.859. The fourth-order valence-corrected chi connectivity index (χ4v) is 2.15. The van der Waals surface area contributed by atoms with Crippen LogP contribution in [0.4, 0.5) is 4.39 Å². The Morgan fingerprint density at radius 2 is 2.19 bits per heavy atom. The minimum atomic E-state index is -0.419. The van der Waals surface area contributed by atoms with Crippen molar-refractivity contribution in [1.29, 1.82) is 0 Å². The maximum atomic E-state index is 13.0. The third kappa shape index (κ3) is 4.25. The Morgan fingerprint density at radius 1 is 1.43 bits per heavy atom. The van der Waals surface area contributed by atoms with Crippen LogP contribution in [0.2, 0.25) is 0 Å². The maximum Gasteiger partial charge on any atom is 0.267 e. The summed E-state index contributed by atoms with van der Waals surface area (Å²) >= 11 is 3.26. The molecule has 1 aromatic carbocycles. The third-order valence-electron chi connectivity index (χ3n) is 3.01. The van der Waals surface area contributed by atoms with Crippen LogP contribution in [0.3, 0.4) is 0 Å². The molecular formula is C14H17BrFN3O2. The van der Waals surface area contributed by atoms with E-state index in [-0.39, 0.29) is 11.9 Å². The molecule has 0 amide bonds. The topological polar surface area (TPSA) is 60.2 Å². The molecule has 0 fully saturated rings. The summed E-state index contributed by atoms with van der Waals surface area (Å²) in [6.45, 7) is 3.83. The van der Waals surface area contributed by atoms with Crippen molar-refractivity contribution in [3.05, 3.63) is 40.2 Å². The molecule has 2 unspecified atom stereocenters. The zero-order valence-electron chi connectivity index (χ0n) is 12.1. The van der Waals surface area contributed by atoms with Crippen LogP contribution in [0, 0.1) is 5.82 Å². The molecule has 5 nitrogen and oxygen atoms in total. The number of likely N-dealkylation sites (N-methyl/N-ethyl adjacent to an activating group) is 1. The molecule has 1 heterocycles. The Balaban J connectivity index is 2.04. The second kappa shape index (κ2) is 7.00. The van der Waals surface area contributed by atoms with Gasteiger partial charge in [0, 0.05) is 12.5 Å². The summed E-state index contributed by atoms with van der Waals surface area (Å²) < 4.78 is 24.5. The summed E-state index contributed by atoms with van der Waals surface area (Å²) in [7, 11) is 1.88. The smallest absolute Gasteiger partial charge is 0.267 e. The summed E-state index contributed by atoms with van der Waals surface area (Å²) in [6.07, 6.45) is 0.255. The number of nitrogens with one attached hydrogen (secondary N) is 1. The summed E-state index contributed by atoms with van der Waals surface area (Å²) in [6, 6.07) is 4.49. The highest BCUT2D eigenvalue weighted by atomic mass is 79.9. The van der Waals surface area contributed by atoms with Gasteiger partial charge in [0.05, 0.1) is 4.47 Å². The fourth-order valence-electron chi connectivity index (χ4n) is 1.70. The van der Waals surface area contributed by atoms with Crippen LogP contribution in [0.1, 0.15) is 31.7 Å². The van der Waals surface area contributed by atoms with E-state index in [0.717, 1.165) is 0 Å². The van der Waals surface area contributed by atoms with Gasteiger partial charge in [-0.2, -0.15) is 4.98 Å². The highest BCUT2D eigenvalue weighted by Crippen LogP contribution is 2.29. The van der Waals surface area contributed by atoms with Gasteiger partial charge in [-0.3, -0.25) is 0 Å². The van der Waals surface area contributed by atoms with Gasteiger partial charge in [-0.05, 0) is 55.0 Å². The highest BCUT2D eigenvalue weighted by Gasteiger charge is 2.18. The van der Waals surface area contributed by atoms with Crippen LogP contribution >= 0.6 is 15.9 Å². The fraction of sp³-hybridized carbons (Fsp3) is 0.429. The molecule has 0 aliphatic carbocycles. The number of hydrogen-bond acceptors (Lipinski definition) is 5. The predicted molar refractivity (Wildman–Crippen MR) is 79.7 cm³/mol. The summed E-state index contributed by atoms with van der Waals surface area (Å²) in [5.41, 5.74) is 0. The zero-order valence-corrected chi connectivity index (χ0v) is 13.6. The molecule has 0 bridgehead atoms. The lowest BCUT2D eigenvalue weighted by Crippen LogP contribution is -2.24. The molecule has 0 spiro atoms. The van der Waals surface area contributed by atoms with Crippen molar-refractivity contribution in [3.63, 3.8) is 0 Å². The van der Waals surface area contributed by atoms with E-state index >= 15 is 0 Å². The van der Waals surface area contributed by atoms with E-state index in [0.29, 0.717) is 28.4 Å². The molecular weight excluding hydrogens is 341 g/mol. The monoisotopic (exact) mass is 357 g/mol. The van der Waals surface area contributed by atoms with Gasteiger partial charge in [0.1, 0.15) is 11.6 Å². The molecule has 0 saturated carbocycles. The normalized spacial score (nSPS) is 14.0. The number of aromatic nitrogens is 2. The van der Waals surface area contributed by atoms with E-state index in [1.807, 2.05) is 14.0 Å². The predicted octanol–water partition coefficient (Wildman–Crippen LogP) is 3.26. The second-order valence-electron chi connectivity index (χ2n) is 4.78. The van der Waals surface area contributed by atoms with Crippen molar-refractivity contribution in [1.82, 2.24) is 15.5 Å². The van der Waals surface area contributed by atoms with Gasteiger partial charge in [-0.1, -0.05) is 5.16 Å². The molecule has 0 aliphatic heterocycles. The Hall–Kier alpha value is -1.47. The standard InChI is InChI=1S/C14H17BrFN3O2/c1-8(17-3)6-13-18-14(21-19-13)9(2)20-12-5-4-10(16)7-11(12)15/h4-5,7-9,17H,6H2,1-3H3. The van der Waals surface area contributed by atoms with Gasteiger partial charge < -0.3 is 14.6 Å². The Labute approximate surface area is 131 Å². The first-order chi connectivity index (χ1) is 9.99. The highest BCUT2D eigenvalue weighted by molar-refractivity contribution is 9.10. The van der Waals surface area contributed by atoms with Gasteiger partial charge in [0.25, 0.3) is 5.89 Å². The largest absolute Gasteiger partial charge is 0.480 e. The number of nitrogens with zero attached hydrogens (tertiary/aromatic N) is 2. The van der Waals surface area contributed by atoms with Crippen molar-refractivity contribution < 1.29 is 13.7 Å². The van der Waals surface area contributed by atoms with Crippen LogP contribution in [-0.2, 0) is 6.42 Å². The molecule has 114 valence electrons. The minimum Gasteiger partial charge on any atom is -0.480 e. The SMILES string of the molecule is CNC(C)Cc1noc(C(C)Oc2ccc(F)cc2Br)n1. The minimum absolute atomic E-state index is 0.262. The molecule has 1 aromatic heterocycles.